The summed E-state index contributed by atoms with van der Waals surface area (Å²) in [7, 11) is 8.46. The number of benzene rings is 4. The van der Waals surface area contributed by atoms with E-state index in [2.05, 4.69) is 0 Å². The number of hydrogen-bond acceptors (Lipinski definition) is 16. The third kappa shape index (κ3) is 8.72. The van der Waals surface area contributed by atoms with E-state index >= 15 is 0 Å². The van der Waals surface area contributed by atoms with E-state index in [-0.39, 0.29) is 83.7 Å². The number of phenolic OH excluding ortho intramolecular Hbond substituents is 4. The van der Waals surface area contributed by atoms with Crippen molar-refractivity contribution in [1.82, 2.24) is 0 Å². The molecular weight excluding hydrogens is 760 g/mol. The summed E-state index contributed by atoms with van der Waals surface area (Å²) >= 11 is 0. The predicted octanol–water partition coefficient (Wildman–Crippen LogP) is 5.02. The fourth-order valence-electron chi connectivity index (χ4n) is 7.37. The minimum absolute atomic E-state index is 0.0530. The lowest BCUT2D eigenvalue weighted by Crippen LogP contribution is -2.37. The number of aliphatic hydroxyl groups is 2. The van der Waals surface area contributed by atoms with E-state index in [9.17, 15) is 30.6 Å². The summed E-state index contributed by atoms with van der Waals surface area (Å²) in [6.07, 6.45) is -6.66. The number of methoxy groups -OCH3 is 6. The van der Waals surface area contributed by atoms with Crippen LogP contribution in [-0.4, -0.2) is 111 Å². The zero-order chi connectivity index (χ0) is 41.7. The Hall–Kier alpha value is -5.36. The van der Waals surface area contributed by atoms with Gasteiger partial charge in [0.1, 0.15) is 24.4 Å². The molecule has 0 aliphatic carbocycles. The van der Waals surface area contributed by atoms with Gasteiger partial charge in [0.05, 0.1) is 80.8 Å². The van der Waals surface area contributed by atoms with Gasteiger partial charge in [-0.2, -0.15) is 0 Å². The van der Waals surface area contributed by atoms with E-state index in [0.29, 0.717) is 22.3 Å². The molecule has 2 heterocycles. The fourth-order valence-corrected chi connectivity index (χ4v) is 7.37. The van der Waals surface area contributed by atoms with Gasteiger partial charge in [-0.15, -0.1) is 0 Å². The van der Waals surface area contributed by atoms with E-state index in [0.717, 1.165) is 0 Å². The number of hydrogen-bond donors (Lipinski definition) is 6. The Balaban J connectivity index is 1.44. The molecule has 2 aliphatic rings. The van der Waals surface area contributed by atoms with Crippen LogP contribution in [0.2, 0.25) is 0 Å². The van der Waals surface area contributed by atoms with Gasteiger partial charge in [0.15, 0.2) is 46.0 Å². The maximum atomic E-state index is 11.9. The Bertz CT molecular complexity index is 1970. The molecule has 2 fully saturated rings. The van der Waals surface area contributed by atoms with Crippen LogP contribution < -0.4 is 28.4 Å². The van der Waals surface area contributed by atoms with Gasteiger partial charge in [0.2, 0.25) is 11.5 Å². The minimum atomic E-state index is -1.28. The summed E-state index contributed by atoms with van der Waals surface area (Å²) in [6.45, 7) is -0.279. The van der Waals surface area contributed by atoms with Crippen LogP contribution in [0, 0.1) is 5.92 Å². The molecule has 2 unspecified atom stereocenters. The highest BCUT2D eigenvalue weighted by atomic mass is 16.6. The van der Waals surface area contributed by atoms with Crippen molar-refractivity contribution in [3.8, 4) is 57.5 Å². The molecule has 0 spiro atoms. The van der Waals surface area contributed by atoms with Crippen LogP contribution in [0.5, 0.6) is 57.5 Å². The monoisotopic (exact) mass is 810 g/mol. The third-order valence-electron chi connectivity index (χ3n) is 10.6. The van der Waals surface area contributed by atoms with E-state index in [1.165, 1.54) is 66.9 Å². The summed E-state index contributed by atoms with van der Waals surface area (Å²) in [6, 6.07) is 15.5. The second-order valence-electron chi connectivity index (χ2n) is 13.9. The molecule has 16 nitrogen and oxygen atoms in total. The first-order chi connectivity index (χ1) is 27.9. The highest BCUT2D eigenvalue weighted by Gasteiger charge is 2.43. The van der Waals surface area contributed by atoms with Crippen LogP contribution in [-0.2, 0) is 18.9 Å². The van der Waals surface area contributed by atoms with Crippen molar-refractivity contribution in [3.05, 3.63) is 82.9 Å². The van der Waals surface area contributed by atoms with Gasteiger partial charge in [-0.3, -0.25) is 0 Å². The Morgan fingerprint density at radius 2 is 0.966 bits per heavy atom. The molecule has 4 aromatic rings. The molecule has 0 amide bonds. The molecule has 0 aromatic heterocycles. The minimum Gasteiger partial charge on any atom is -0.504 e. The molecule has 8 atom stereocenters. The van der Waals surface area contributed by atoms with Gasteiger partial charge in [-0.1, -0.05) is 12.1 Å². The molecule has 6 N–H and O–H groups in total. The lowest BCUT2D eigenvalue weighted by atomic mass is 9.86. The average Bonchev–Trinajstić information content (AvgIpc) is 3.61. The van der Waals surface area contributed by atoms with Gasteiger partial charge >= 0.3 is 0 Å². The van der Waals surface area contributed by atoms with Crippen molar-refractivity contribution in [2.45, 2.75) is 49.1 Å². The van der Waals surface area contributed by atoms with Crippen molar-refractivity contribution in [3.63, 3.8) is 0 Å². The van der Waals surface area contributed by atoms with Crippen LogP contribution in [0.25, 0.3) is 0 Å². The normalized spacial score (nSPS) is 23.4. The molecule has 16 heteroatoms. The standard InChI is InChI=1S/C42H50O16/c1-49-30-11-21(7-9-26(30)43)38(45)36-19-57-42(24-15-34(53-5)41(48)35(16-24)54-6)25(18-55-36)29-17-28(23-13-32(51-3)40(47)33(14-23)52-4)56-20-37(58-29)39(46)22-8-10-27(44)31(12-22)50-2/h7-16,25,28-29,36-39,42-48H,17-20H2,1-6H3/t25-,28+,29-,36-,37+,38?,39?,42+/m1/s1. The van der Waals surface area contributed by atoms with E-state index in [1.807, 2.05) is 0 Å². The molecule has 314 valence electrons. The summed E-state index contributed by atoms with van der Waals surface area (Å²) in [4.78, 5) is 0. The number of phenols is 4. The molecule has 58 heavy (non-hydrogen) atoms. The van der Waals surface area contributed by atoms with Crippen molar-refractivity contribution in [2.24, 2.45) is 5.92 Å². The van der Waals surface area contributed by atoms with Gasteiger partial charge in [0, 0.05) is 12.3 Å². The Labute approximate surface area is 335 Å². The van der Waals surface area contributed by atoms with E-state index < -0.39 is 48.6 Å². The lowest BCUT2D eigenvalue weighted by Gasteiger charge is -2.34. The van der Waals surface area contributed by atoms with Crippen molar-refractivity contribution >= 4 is 0 Å². The van der Waals surface area contributed by atoms with Crippen LogP contribution in [0.15, 0.2) is 60.7 Å². The van der Waals surface area contributed by atoms with Crippen molar-refractivity contribution in [2.75, 3.05) is 62.5 Å². The predicted molar refractivity (Wildman–Crippen MR) is 206 cm³/mol. The molecule has 2 aliphatic heterocycles. The summed E-state index contributed by atoms with van der Waals surface area (Å²) in [5.41, 5.74) is 1.91. The first-order valence-corrected chi connectivity index (χ1v) is 18.4. The highest BCUT2D eigenvalue weighted by Crippen LogP contribution is 2.47. The maximum Gasteiger partial charge on any atom is 0.200 e. The van der Waals surface area contributed by atoms with Crippen molar-refractivity contribution in [1.29, 1.82) is 0 Å². The fraction of sp³-hybridized carbons (Fsp3) is 0.429. The number of aliphatic hydroxyl groups excluding tert-OH is 2. The van der Waals surface area contributed by atoms with E-state index in [4.69, 9.17) is 47.4 Å². The number of ether oxygens (including phenoxy) is 10. The Kier molecular flexibility index (Phi) is 13.5. The largest absolute Gasteiger partial charge is 0.504 e. The second-order valence-corrected chi connectivity index (χ2v) is 13.9. The van der Waals surface area contributed by atoms with Crippen LogP contribution in [0.3, 0.4) is 0 Å². The van der Waals surface area contributed by atoms with Gasteiger partial charge in [0.25, 0.3) is 0 Å². The molecular formula is C42H50O16. The summed E-state index contributed by atoms with van der Waals surface area (Å²) < 4.78 is 59.0. The molecule has 0 bridgehead atoms. The van der Waals surface area contributed by atoms with Crippen LogP contribution in [0.1, 0.15) is 53.1 Å². The Morgan fingerprint density at radius 1 is 0.517 bits per heavy atom. The topological polar surface area (TPSA) is 214 Å². The first kappa shape index (κ1) is 42.3. The SMILES string of the molecule is COc1cc(C(O)[C@@H]2CO[C@H](c3cc(OC)c(O)c(OC)c3)C[C@H]([C@H]3CO[C@@H](C(O)c4ccc(O)c(OC)c4)CO[C@H]3c3cc(OC)c(O)c(OC)c3)O2)ccc1O. The number of rotatable bonds is 13. The van der Waals surface area contributed by atoms with Crippen LogP contribution in [0.4, 0.5) is 0 Å². The zero-order valence-corrected chi connectivity index (χ0v) is 33.0. The van der Waals surface area contributed by atoms with Crippen molar-refractivity contribution < 1.29 is 78.0 Å². The Morgan fingerprint density at radius 3 is 1.45 bits per heavy atom. The molecule has 4 aromatic carbocycles. The summed E-state index contributed by atoms with van der Waals surface area (Å²) in [5.74, 6) is -0.446. The zero-order valence-electron chi connectivity index (χ0n) is 33.0. The maximum absolute atomic E-state index is 11.9. The summed E-state index contributed by atoms with van der Waals surface area (Å²) in [5, 5.41) is 65.5. The molecule has 0 saturated carbocycles. The number of aromatic hydroxyl groups is 4. The molecule has 0 radical (unpaired) electrons. The first-order valence-electron chi connectivity index (χ1n) is 18.4. The average molecular weight is 811 g/mol. The van der Waals surface area contributed by atoms with Gasteiger partial charge < -0.3 is 78.0 Å². The van der Waals surface area contributed by atoms with Gasteiger partial charge in [-0.05, 0) is 70.8 Å². The molecule has 2 saturated heterocycles. The van der Waals surface area contributed by atoms with Gasteiger partial charge in [-0.25, -0.2) is 0 Å². The van der Waals surface area contributed by atoms with E-state index in [1.54, 1.807) is 36.4 Å². The smallest absolute Gasteiger partial charge is 0.200 e. The quantitative estimate of drug-likeness (QED) is 0.105. The highest BCUT2D eigenvalue weighted by molar-refractivity contribution is 5.54. The third-order valence-corrected chi connectivity index (χ3v) is 10.6. The molecule has 6 rings (SSSR count). The second kappa shape index (κ2) is 18.5. The van der Waals surface area contributed by atoms with Crippen LogP contribution >= 0.6 is 0 Å². The lowest BCUT2D eigenvalue weighted by molar-refractivity contribution is -0.125.